The van der Waals surface area contributed by atoms with Crippen LogP contribution in [0.15, 0.2) is 42.9 Å². The molecule has 2 N–H and O–H groups in total. The molecule has 0 spiro atoms. The van der Waals surface area contributed by atoms with Crippen molar-refractivity contribution in [2.75, 3.05) is 12.4 Å². The summed E-state index contributed by atoms with van der Waals surface area (Å²) in [6.07, 6.45) is 3.23. The van der Waals surface area contributed by atoms with E-state index in [0.29, 0.717) is 12.1 Å². The van der Waals surface area contributed by atoms with Gasteiger partial charge < -0.3 is 10.6 Å². The van der Waals surface area contributed by atoms with Crippen LogP contribution in [0.4, 0.5) is 5.69 Å². The number of hydrogen-bond donors (Lipinski definition) is 2. The maximum Gasteiger partial charge on any atom is 0.251 e. The van der Waals surface area contributed by atoms with Crippen LogP contribution < -0.4 is 10.6 Å². The van der Waals surface area contributed by atoms with E-state index in [-0.39, 0.29) is 5.91 Å². The lowest BCUT2D eigenvalue weighted by molar-refractivity contribution is 0.0963. The number of amides is 1. The van der Waals surface area contributed by atoms with Gasteiger partial charge in [0.05, 0.1) is 12.2 Å². The summed E-state index contributed by atoms with van der Waals surface area (Å²) in [6.45, 7) is 0.627. The van der Waals surface area contributed by atoms with E-state index in [4.69, 9.17) is 0 Å². The molecule has 0 radical (unpaired) electrons. The molecule has 2 rings (SSSR count). The fourth-order valence-corrected chi connectivity index (χ4v) is 1.50. The number of rotatable bonds is 4. The monoisotopic (exact) mass is 242 g/mol. The number of carbonyl (C=O) groups is 1. The van der Waals surface area contributed by atoms with E-state index in [1.165, 1.54) is 6.33 Å². The van der Waals surface area contributed by atoms with Gasteiger partial charge >= 0.3 is 0 Å². The molecule has 0 unspecified atom stereocenters. The smallest absolute Gasteiger partial charge is 0.251 e. The summed E-state index contributed by atoms with van der Waals surface area (Å²) in [5.74, 6) is -0.0858. The summed E-state index contributed by atoms with van der Waals surface area (Å²) in [7, 11) is 1.61. The van der Waals surface area contributed by atoms with Crippen LogP contribution in [0.3, 0.4) is 0 Å². The van der Waals surface area contributed by atoms with Crippen molar-refractivity contribution in [1.82, 2.24) is 15.3 Å². The van der Waals surface area contributed by atoms with Crippen LogP contribution in [0, 0.1) is 0 Å². The van der Waals surface area contributed by atoms with Crippen LogP contribution >= 0.6 is 0 Å². The van der Waals surface area contributed by atoms with Gasteiger partial charge in [-0.3, -0.25) is 4.79 Å². The number of nitrogens with zero attached hydrogens (tertiary/aromatic N) is 2. The molecule has 0 fully saturated rings. The lowest BCUT2D eigenvalue weighted by Gasteiger charge is -2.06. The highest BCUT2D eigenvalue weighted by atomic mass is 16.1. The highest BCUT2D eigenvalue weighted by Crippen LogP contribution is 2.10. The lowest BCUT2D eigenvalue weighted by Crippen LogP contribution is -2.17. The molecule has 1 aromatic carbocycles. The standard InChI is InChI=1S/C13H14N4O/c1-14-13(18)10-2-4-11(5-3-10)16-8-12-6-7-15-9-17-12/h2-7,9,16H,8H2,1H3,(H,14,18). The Labute approximate surface area is 105 Å². The first-order valence-corrected chi connectivity index (χ1v) is 5.60. The Kier molecular flexibility index (Phi) is 3.86. The number of anilines is 1. The molecule has 92 valence electrons. The minimum absolute atomic E-state index is 0.0858. The first kappa shape index (κ1) is 12.0. The molecule has 18 heavy (non-hydrogen) atoms. The summed E-state index contributed by atoms with van der Waals surface area (Å²) >= 11 is 0. The Morgan fingerprint density at radius 1 is 1.22 bits per heavy atom. The number of nitrogens with one attached hydrogen (secondary N) is 2. The van der Waals surface area contributed by atoms with Crippen molar-refractivity contribution in [2.45, 2.75) is 6.54 Å². The molecule has 0 aliphatic heterocycles. The summed E-state index contributed by atoms with van der Waals surface area (Å²) in [4.78, 5) is 19.3. The van der Waals surface area contributed by atoms with E-state index in [9.17, 15) is 4.79 Å². The Hall–Kier alpha value is -2.43. The van der Waals surface area contributed by atoms with Crippen molar-refractivity contribution in [2.24, 2.45) is 0 Å². The normalized spacial score (nSPS) is 9.83. The maximum atomic E-state index is 11.4. The van der Waals surface area contributed by atoms with Crippen molar-refractivity contribution >= 4 is 11.6 Å². The largest absolute Gasteiger partial charge is 0.379 e. The van der Waals surface area contributed by atoms with Crippen molar-refractivity contribution in [1.29, 1.82) is 0 Å². The average Bonchev–Trinajstić information content (AvgIpc) is 2.46. The van der Waals surface area contributed by atoms with Gasteiger partial charge in [-0.1, -0.05) is 0 Å². The summed E-state index contributed by atoms with van der Waals surface area (Å²) in [6, 6.07) is 9.14. The highest BCUT2D eigenvalue weighted by Gasteiger charge is 2.02. The van der Waals surface area contributed by atoms with Crippen LogP contribution in [0.25, 0.3) is 0 Å². The number of aromatic nitrogens is 2. The summed E-state index contributed by atoms with van der Waals surface area (Å²) in [5.41, 5.74) is 2.51. The Morgan fingerprint density at radius 2 is 2.00 bits per heavy atom. The Bertz CT molecular complexity index is 510. The van der Waals surface area contributed by atoms with Gasteiger partial charge in [0.2, 0.25) is 0 Å². The van der Waals surface area contributed by atoms with E-state index < -0.39 is 0 Å². The second-order valence-corrected chi connectivity index (χ2v) is 3.71. The first-order valence-electron chi connectivity index (χ1n) is 5.60. The molecule has 1 heterocycles. The summed E-state index contributed by atoms with van der Waals surface area (Å²) < 4.78 is 0. The molecular weight excluding hydrogens is 228 g/mol. The van der Waals surface area contributed by atoms with Crippen LogP contribution in [-0.4, -0.2) is 22.9 Å². The van der Waals surface area contributed by atoms with Crippen molar-refractivity contribution in [3.05, 3.63) is 54.1 Å². The topological polar surface area (TPSA) is 66.9 Å². The molecule has 0 atom stereocenters. The molecule has 0 saturated heterocycles. The van der Waals surface area contributed by atoms with Gasteiger partial charge in [0.1, 0.15) is 6.33 Å². The molecule has 1 aromatic heterocycles. The third kappa shape index (κ3) is 3.04. The maximum absolute atomic E-state index is 11.4. The Balaban J connectivity index is 1.97. The molecule has 5 heteroatoms. The van der Waals surface area contributed by atoms with Crippen molar-refractivity contribution in [3.63, 3.8) is 0 Å². The molecular formula is C13H14N4O. The van der Waals surface area contributed by atoms with Gasteiger partial charge in [0.25, 0.3) is 5.91 Å². The van der Waals surface area contributed by atoms with Gasteiger partial charge in [-0.15, -0.1) is 0 Å². The molecule has 5 nitrogen and oxygen atoms in total. The van der Waals surface area contributed by atoms with Gasteiger partial charge in [0, 0.05) is 24.5 Å². The van der Waals surface area contributed by atoms with E-state index >= 15 is 0 Å². The van der Waals surface area contributed by atoms with Crippen molar-refractivity contribution < 1.29 is 4.79 Å². The zero-order valence-corrected chi connectivity index (χ0v) is 10.1. The zero-order chi connectivity index (χ0) is 12.8. The van der Waals surface area contributed by atoms with Gasteiger partial charge in [-0.2, -0.15) is 0 Å². The third-order valence-corrected chi connectivity index (χ3v) is 2.49. The van der Waals surface area contributed by atoms with Crippen LogP contribution in [0.5, 0.6) is 0 Å². The lowest BCUT2D eigenvalue weighted by atomic mass is 10.2. The molecule has 0 aliphatic carbocycles. The SMILES string of the molecule is CNC(=O)c1ccc(NCc2ccncn2)cc1. The fourth-order valence-electron chi connectivity index (χ4n) is 1.50. The van der Waals surface area contributed by atoms with Crippen LogP contribution in [-0.2, 0) is 6.54 Å². The third-order valence-electron chi connectivity index (χ3n) is 2.49. The van der Waals surface area contributed by atoms with Crippen LogP contribution in [0.1, 0.15) is 16.1 Å². The highest BCUT2D eigenvalue weighted by molar-refractivity contribution is 5.94. The molecule has 1 amide bonds. The quantitative estimate of drug-likeness (QED) is 0.851. The van der Waals surface area contributed by atoms with Gasteiger partial charge in [0.15, 0.2) is 0 Å². The number of benzene rings is 1. The second-order valence-electron chi connectivity index (χ2n) is 3.71. The van der Waals surface area contributed by atoms with E-state index in [0.717, 1.165) is 11.4 Å². The molecule has 0 bridgehead atoms. The number of carbonyl (C=O) groups excluding carboxylic acids is 1. The second kappa shape index (κ2) is 5.77. The minimum Gasteiger partial charge on any atom is -0.379 e. The zero-order valence-electron chi connectivity index (χ0n) is 10.1. The first-order chi connectivity index (χ1) is 8.79. The van der Waals surface area contributed by atoms with E-state index in [2.05, 4.69) is 20.6 Å². The predicted molar refractivity (Wildman–Crippen MR) is 69.2 cm³/mol. The predicted octanol–water partition coefficient (Wildman–Crippen LogP) is 1.45. The van der Waals surface area contributed by atoms with Crippen molar-refractivity contribution in [3.8, 4) is 0 Å². The average molecular weight is 242 g/mol. The molecule has 0 saturated carbocycles. The van der Waals surface area contributed by atoms with E-state index in [1.807, 2.05) is 18.2 Å². The number of hydrogen-bond acceptors (Lipinski definition) is 4. The van der Waals surface area contributed by atoms with Gasteiger partial charge in [-0.25, -0.2) is 9.97 Å². The molecule has 0 aliphatic rings. The van der Waals surface area contributed by atoms with Crippen LogP contribution in [0.2, 0.25) is 0 Å². The van der Waals surface area contributed by atoms with Gasteiger partial charge in [-0.05, 0) is 30.3 Å². The summed E-state index contributed by atoms with van der Waals surface area (Å²) in [5, 5.41) is 5.81. The Morgan fingerprint density at radius 3 is 2.61 bits per heavy atom. The minimum atomic E-state index is -0.0858. The fraction of sp³-hybridized carbons (Fsp3) is 0.154. The van der Waals surface area contributed by atoms with E-state index in [1.54, 1.807) is 25.4 Å². The molecule has 2 aromatic rings.